The van der Waals surface area contributed by atoms with Gasteiger partial charge in [0.05, 0.1) is 0 Å². The average molecular weight is 208 g/mol. The van der Waals surface area contributed by atoms with E-state index in [0.717, 1.165) is 0 Å². The fourth-order valence-electron chi connectivity index (χ4n) is 0.873. The quantitative estimate of drug-likeness (QED) is 0.712. The lowest BCUT2D eigenvalue weighted by atomic mass is 10.2. The van der Waals surface area contributed by atoms with Gasteiger partial charge < -0.3 is 9.84 Å². The Balaban J connectivity index is 0.000000583. The van der Waals surface area contributed by atoms with Gasteiger partial charge >= 0.3 is 0 Å². The van der Waals surface area contributed by atoms with Gasteiger partial charge in [-0.2, -0.15) is 0 Å². The molecule has 0 unspecified atom stereocenters. The molecular weight excluding hydrogens is 188 g/mol. The Labute approximate surface area is 92.2 Å². The molecule has 0 saturated heterocycles. The number of benzene rings is 1. The molecule has 0 aromatic heterocycles. The maximum Gasteiger partial charge on any atom is 0.161 e. The molecule has 0 atom stereocenters. The number of allylic oxidation sites excluding steroid dienone is 1. The zero-order valence-corrected chi connectivity index (χ0v) is 9.95. The van der Waals surface area contributed by atoms with Gasteiger partial charge in [0, 0.05) is 0 Å². The van der Waals surface area contributed by atoms with E-state index in [1.165, 1.54) is 0 Å². The van der Waals surface area contributed by atoms with E-state index in [1.807, 2.05) is 33.8 Å². The lowest BCUT2D eigenvalue weighted by molar-refractivity contribution is 0.126. The van der Waals surface area contributed by atoms with E-state index < -0.39 is 0 Å². The van der Waals surface area contributed by atoms with Crippen LogP contribution in [0.15, 0.2) is 36.9 Å². The van der Waals surface area contributed by atoms with Gasteiger partial charge in [-0.1, -0.05) is 18.2 Å². The number of aromatic hydroxyl groups is 1. The van der Waals surface area contributed by atoms with Crippen molar-refractivity contribution < 1.29 is 9.84 Å². The highest BCUT2D eigenvalue weighted by atomic mass is 16.5. The first-order valence-corrected chi connectivity index (χ1v) is 4.94. The fraction of sp³-hybridized carbons (Fsp3) is 0.385. The normalized spacial score (nSPS) is 9.87. The summed E-state index contributed by atoms with van der Waals surface area (Å²) in [4.78, 5) is 0. The van der Waals surface area contributed by atoms with Crippen molar-refractivity contribution in [1.29, 1.82) is 0 Å². The van der Waals surface area contributed by atoms with E-state index in [2.05, 4.69) is 6.58 Å². The zero-order chi connectivity index (χ0) is 11.9. The monoisotopic (exact) mass is 208 g/mol. The number of hydrogen-bond donors (Lipinski definition) is 1. The number of phenols is 1. The summed E-state index contributed by atoms with van der Waals surface area (Å²) in [7, 11) is 0. The minimum atomic E-state index is -0.265. The van der Waals surface area contributed by atoms with Gasteiger partial charge in [-0.3, -0.25) is 0 Å². The average Bonchev–Trinajstić information content (AvgIpc) is 2.08. The molecule has 1 aromatic rings. The van der Waals surface area contributed by atoms with Crippen molar-refractivity contribution in [1.82, 2.24) is 0 Å². The Hall–Kier alpha value is -1.44. The lowest BCUT2D eigenvalue weighted by Gasteiger charge is -2.21. The molecular formula is C13H20O2. The highest BCUT2D eigenvalue weighted by Crippen LogP contribution is 2.27. The third-order valence-corrected chi connectivity index (χ3v) is 1.28. The maximum absolute atomic E-state index is 9.35. The molecule has 1 N–H and O–H groups in total. The molecule has 1 rings (SSSR count). The van der Waals surface area contributed by atoms with E-state index in [9.17, 15) is 5.11 Å². The van der Waals surface area contributed by atoms with E-state index in [4.69, 9.17) is 4.74 Å². The first-order chi connectivity index (χ1) is 6.90. The number of para-hydroxylation sites is 2. The van der Waals surface area contributed by atoms with Crippen LogP contribution in [-0.2, 0) is 0 Å². The van der Waals surface area contributed by atoms with E-state index in [1.54, 1.807) is 24.3 Å². The molecule has 0 aliphatic rings. The van der Waals surface area contributed by atoms with Crippen LogP contribution in [0.5, 0.6) is 11.5 Å². The van der Waals surface area contributed by atoms with Gasteiger partial charge in [0.25, 0.3) is 0 Å². The molecule has 0 spiro atoms. The predicted molar refractivity (Wildman–Crippen MR) is 64.4 cm³/mol. The second kappa shape index (κ2) is 6.12. The van der Waals surface area contributed by atoms with Crippen molar-refractivity contribution in [3.05, 3.63) is 36.9 Å². The molecule has 84 valence electrons. The molecule has 2 heteroatoms. The minimum Gasteiger partial charge on any atom is -0.504 e. The SMILES string of the molecule is C=CC.CC(C)(C)Oc1ccccc1O. The van der Waals surface area contributed by atoms with Crippen LogP contribution in [0.1, 0.15) is 27.7 Å². The van der Waals surface area contributed by atoms with E-state index in [0.29, 0.717) is 5.75 Å². The molecule has 0 saturated carbocycles. The third kappa shape index (κ3) is 6.61. The highest BCUT2D eigenvalue weighted by Gasteiger charge is 2.13. The summed E-state index contributed by atoms with van der Waals surface area (Å²) in [6.07, 6.45) is 1.75. The van der Waals surface area contributed by atoms with Crippen molar-refractivity contribution in [2.24, 2.45) is 0 Å². The number of hydrogen-bond acceptors (Lipinski definition) is 2. The Bertz CT molecular complexity index is 298. The fourth-order valence-corrected chi connectivity index (χ4v) is 0.873. The summed E-state index contributed by atoms with van der Waals surface area (Å²) in [5.41, 5.74) is -0.265. The second-order valence-corrected chi connectivity index (χ2v) is 4.09. The first kappa shape index (κ1) is 13.6. The maximum atomic E-state index is 9.35. The van der Waals surface area contributed by atoms with Gasteiger partial charge in [0.2, 0.25) is 0 Å². The van der Waals surface area contributed by atoms with Crippen LogP contribution in [0.2, 0.25) is 0 Å². The molecule has 0 aliphatic heterocycles. The molecule has 0 amide bonds. The second-order valence-electron chi connectivity index (χ2n) is 4.09. The summed E-state index contributed by atoms with van der Waals surface area (Å²) in [5, 5.41) is 9.35. The zero-order valence-electron chi connectivity index (χ0n) is 9.95. The number of rotatable bonds is 1. The van der Waals surface area contributed by atoms with Gasteiger partial charge in [-0.15, -0.1) is 6.58 Å². The minimum absolute atomic E-state index is 0.187. The van der Waals surface area contributed by atoms with Crippen LogP contribution in [0.25, 0.3) is 0 Å². The molecule has 15 heavy (non-hydrogen) atoms. The molecule has 0 fully saturated rings. The van der Waals surface area contributed by atoms with Crippen LogP contribution in [0, 0.1) is 0 Å². The molecule has 1 aromatic carbocycles. The van der Waals surface area contributed by atoms with Gasteiger partial charge in [0.15, 0.2) is 11.5 Å². The molecule has 0 heterocycles. The van der Waals surface area contributed by atoms with Crippen LogP contribution >= 0.6 is 0 Å². The highest BCUT2D eigenvalue weighted by molar-refractivity contribution is 5.38. The van der Waals surface area contributed by atoms with Crippen molar-refractivity contribution in [3.63, 3.8) is 0 Å². The molecule has 2 nitrogen and oxygen atoms in total. The van der Waals surface area contributed by atoms with Gasteiger partial charge in [0.1, 0.15) is 5.60 Å². The summed E-state index contributed by atoms with van der Waals surface area (Å²) in [6, 6.07) is 6.97. The van der Waals surface area contributed by atoms with Crippen LogP contribution in [0.4, 0.5) is 0 Å². The molecule has 0 bridgehead atoms. The standard InChI is InChI=1S/C10H14O2.C3H6/c1-10(2,3)12-9-7-5-4-6-8(9)11;1-3-2/h4-7,11H,1-3H3;3H,1H2,2H3. The smallest absolute Gasteiger partial charge is 0.161 e. The van der Waals surface area contributed by atoms with Crippen molar-refractivity contribution in [2.45, 2.75) is 33.3 Å². The van der Waals surface area contributed by atoms with Gasteiger partial charge in [-0.05, 0) is 39.8 Å². The summed E-state index contributed by atoms with van der Waals surface area (Å²) < 4.78 is 5.48. The van der Waals surface area contributed by atoms with Crippen molar-refractivity contribution >= 4 is 0 Å². The van der Waals surface area contributed by atoms with E-state index >= 15 is 0 Å². The van der Waals surface area contributed by atoms with Gasteiger partial charge in [-0.25, -0.2) is 0 Å². The Morgan fingerprint density at radius 1 is 1.27 bits per heavy atom. The largest absolute Gasteiger partial charge is 0.504 e. The summed E-state index contributed by atoms with van der Waals surface area (Å²) in [5.74, 6) is 0.720. The molecule has 0 radical (unpaired) electrons. The molecule has 0 aliphatic carbocycles. The Morgan fingerprint density at radius 3 is 2.13 bits per heavy atom. The van der Waals surface area contributed by atoms with Crippen LogP contribution in [-0.4, -0.2) is 10.7 Å². The van der Waals surface area contributed by atoms with Crippen molar-refractivity contribution in [3.8, 4) is 11.5 Å². The van der Waals surface area contributed by atoms with E-state index in [-0.39, 0.29) is 11.4 Å². The van der Waals surface area contributed by atoms with Crippen LogP contribution < -0.4 is 4.74 Å². The number of ether oxygens (including phenoxy) is 1. The van der Waals surface area contributed by atoms with Crippen molar-refractivity contribution in [2.75, 3.05) is 0 Å². The topological polar surface area (TPSA) is 29.5 Å². The summed E-state index contributed by atoms with van der Waals surface area (Å²) in [6.45, 7) is 11.1. The first-order valence-electron chi connectivity index (χ1n) is 4.94. The third-order valence-electron chi connectivity index (χ3n) is 1.28. The Morgan fingerprint density at radius 2 is 1.73 bits per heavy atom. The number of phenolic OH excluding ortho intramolecular Hbond substituents is 1. The summed E-state index contributed by atoms with van der Waals surface area (Å²) >= 11 is 0. The lowest BCUT2D eigenvalue weighted by Crippen LogP contribution is -2.22. The predicted octanol–water partition coefficient (Wildman–Crippen LogP) is 3.76. The van der Waals surface area contributed by atoms with Crippen LogP contribution in [0.3, 0.4) is 0 Å². The Kier molecular flexibility index (Phi) is 5.53.